The van der Waals surface area contributed by atoms with E-state index in [1.807, 2.05) is 0 Å². The van der Waals surface area contributed by atoms with Gasteiger partial charge in [0.1, 0.15) is 17.1 Å². The topological polar surface area (TPSA) is 62.2 Å². The molecule has 6 heteroatoms. The summed E-state index contributed by atoms with van der Waals surface area (Å²) in [6.07, 6.45) is 2.58. The molecular formula is C16H14ClFN2O2. The molecule has 0 aliphatic carbocycles. The Labute approximate surface area is 132 Å². The zero-order chi connectivity index (χ0) is 16.3. The van der Waals surface area contributed by atoms with Crippen LogP contribution in [0.4, 0.5) is 10.1 Å². The van der Waals surface area contributed by atoms with Crippen molar-refractivity contribution in [2.45, 2.75) is 12.5 Å². The number of carbonyl (C=O) groups is 1. The van der Waals surface area contributed by atoms with Gasteiger partial charge in [0.2, 0.25) is 0 Å². The number of pyridine rings is 1. The molecule has 114 valence electrons. The SMILES string of the molecule is C=CC(C)(O)c1cc(NC(=O)c2ccc(Cl)cn2)ccc1F. The van der Waals surface area contributed by atoms with E-state index in [1.165, 1.54) is 37.4 Å². The van der Waals surface area contributed by atoms with E-state index in [0.717, 1.165) is 6.07 Å². The van der Waals surface area contributed by atoms with E-state index < -0.39 is 17.3 Å². The Bertz CT molecular complexity index is 715. The third-order valence-electron chi connectivity index (χ3n) is 3.13. The van der Waals surface area contributed by atoms with Crippen LogP contribution in [0.2, 0.25) is 5.02 Å². The zero-order valence-electron chi connectivity index (χ0n) is 11.8. The van der Waals surface area contributed by atoms with Gasteiger partial charge in [-0.05, 0) is 37.3 Å². The van der Waals surface area contributed by atoms with Crippen LogP contribution in [0.3, 0.4) is 0 Å². The minimum Gasteiger partial charge on any atom is -0.381 e. The summed E-state index contributed by atoms with van der Waals surface area (Å²) in [6, 6.07) is 6.93. The van der Waals surface area contributed by atoms with E-state index >= 15 is 0 Å². The number of nitrogens with zero attached hydrogens (tertiary/aromatic N) is 1. The van der Waals surface area contributed by atoms with E-state index in [4.69, 9.17) is 11.6 Å². The van der Waals surface area contributed by atoms with Crippen molar-refractivity contribution in [1.82, 2.24) is 4.98 Å². The largest absolute Gasteiger partial charge is 0.381 e. The number of anilines is 1. The lowest BCUT2D eigenvalue weighted by Crippen LogP contribution is -2.20. The van der Waals surface area contributed by atoms with Crippen molar-refractivity contribution in [2.24, 2.45) is 0 Å². The molecule has 0 aliphatic rings. The highest BCUT2D eigenvalue weighted by atomic mass is 35.5. The van der Waals surface area contributed by atoms with Crippen molar-refractivity contribution in [3.63, 3.8) is 0 Å². The number of amides is 1. The van der Waals surface area contributed by atoms with Crippen molar-refractivity contribution >= 4 is 23.2 Å². The summed E-state index contributed by atoms with van der Waals surface area (Å²) < 4.78 is 13.8. The first-order valence-corrected chi connectivity index (χ1v) is 6.80. The van der Waals surface area contributed by atoms with E-state index in [0.29, 0.717) is 10.7 Å². The number of hydrogen-bond donors (Lipinski definition) is 2. The van der Waals surface area contributed by atoms with Crippen LogP contribution in [-0.4, -0.2) is 16.0 Å². The fourth-order valence-corrected chi connectivity index (χ4v) is 1.92. The molecule has 1 atom stereocenters. The minimum absolute atomic E-state index is 0.0179. The molecule has 1 aromatic heterocycles. The summed E-state index contributed by atoms with van der Waals surface area (Å²) in [5.74, 6) is -1.06. The molecular weight excluding hydrogens is 307 g/mol. The van der Waals surface area contributed by atoms with E-state index in [2.05, 4.69) is 16.9 Å². The van der Waals surface area contributed by atoms with Gasteiger partial charge in [-0.15, -0.1) is 0 Å². The maximum absolute atomic E-state index is 13.8. The Hall–Kier alpha value is -2.24. The number of halogens is 2. The van der Waals surface area contributed by atoms with Crippen molar-refractivity contribution in [3.8, 4) is 0 Å². The minimum atomic E-state index is -1.54. The van der Waals surface area contributed by atoms with Crippen molar-refractivity contribution in [3.05, 3.63) is 71.3 Å². The monoisotopic (exact) mass is 320 g/mol. The summed E-state index contributed by atoms with van der Waals surface area (Å²) >= 11 is 5.71. The molecule has 0 bridgehead atoms. The average molecular weight is 321 g/mol. The molecule has 0 aliphatic heterocycles. The Morgan fingerprint density at radius 3 is 2.77 bits per heavy atom. The van der Waals surface area contributed by atoms with Crippen LogP contribution in [-0.2, 0) is 5.60 Å². The molecule has 2 aromatic rings. The molecule has 0 saturated heterocycles. The van der Waals surface area contributed by atoms with Crippen LogP contribution >= 0.6 is 11.6 Å². The van der Waals surface area contributed by atoms with Gasteiger partial charge in [0.05, 0.1) is 5.02 Å². The number of hydrogen-bond acceptors (Lipinski definition) is 3. The highest BCUT2D eigenvalue weighted by Gasteiger charge is 2.23. The molecule has 0 spiro atoms. The quantitative estimate of drug-likeness (QED) is 0.847. The van der Waals surface area contributed by atoms with Crippen LogP contribution in [0.15, 0.2) is 49.2 Å². The Balaban J connectivity index is 2.27. The molecule has 2 N–H and O–H groups in total. The van der Waals surface area contributed by atoms with Crippen LogP contribution in [0.1, 0.15) is 23.0 Å². The lowest BCUT2D eigenvalue weighted by atomic mass is 9.95. The number of nitrogens with one attached hydrogen (secondary N) is 1. The molecule has 1 aromatic carbocycles. The lowest BCUT2D eigenvalue weighted by molar-refractivity contribution is 0.101. The maximum atomic E-state index is 13.8. The lowest BCUT2D eigenvalue weighted by Gasteiger charge is -2.20. The summed E-state index contributed by atoms with van der Waals surface area (Å²) in [5, 5.41) is 13.1. The highest BCUT2D eigenvalue weighted by molar-refractivity contribution is 6.30. The smallest absolute Gasteiger partial charge is 0.274 e. The summed E-state index contributed by atoms with van der Waals surface area (Å²) in [5.41, 5.74) is -1.01. The Kier molecular flexibility index (Phi) is 4.59. The molecule has 0 fully saturated rings. The van der Waals surface area contributed by atoms with Gasteiger partial charge in [0, 0.05) is 17.4 Å². The molecule has 0 radical (unpaired) electrons. The molecule has 2 rings (SSSR count). The van der Waals surface area contributed by atoms with Crippen molar-refractivity contribution < 1.29 is 14.3 Å². The molecule has 4 nitrogen and oxygen atoms in total. The average Bonchev–Trinajstić information content (AvgIpc) is 2.49. The third kappa shape index (κ3) is 3.50. The first-order valence-electron chi connectivity index (χ1n) is 6.42. The number of carbonyl (C=O) groups excluding carboxylic acids is 1. The van der Waals surface area contributed by atoms with Crippen LogP contribution in [0.5, 0.6) is 0 Å². The second-order valence-electron chi connectivity index (χ2n) is 4.86. The molecule has 1 unspecified atom stereocenters. The molecule has 1 amide bonds. The van der Waals surface area contributed by atoms with Gasteiger partial charge < -0.3 is 10.4 Å². The number of aromatic nitrogens is 1. The van der Waals surface area contributed by atoms with Crippen molar-refractivity contribution in [1.29, 1.82) is 0 Å². The van der Waals surface area contributed by atoms with E-state index in [1.54, 1.807) is 6.07 Å². The first kappa shape index (κ1) is 16.1. The molecule has 22 heavy (non-hydrogen) atoms. The van der Waals surface area contributed by atoms with Crippen LogP contribution in [0, 0.1) is 5.82 Å². The van der Waals surface area contributed by atoms with Gasteiger partial charge in [-0.2, -0.15) is 0 Å². The zero-order valence-corrected chi connectivity index (χ0v) is 12.6. The van der Waals surface area contributed by atoms with Gasteiger partial charge >= 0.3 is 0 Å². The standard InChI is InChI=1S/C16H14ClFN2O2/c1-3-16(2,22)12-8-11(5-6-13(12)18)20-15(21)14-7-4-10(17)9-19-14/h3-9,22H,1H2,2H3,(H,20,21). The predicted octanol–water partition coefficient (Wildman–Crippen LogP) is 3.52. The Morgan fingerprint density at radius 2 is 2.18 bits per heavy atom. The Morgan fingerprint density at radius 1 is 1.45 bits per heavy atom. The van der Waals surface area contributed by atoms with Gasteiger partial charge in [0.25, 0.3) is 5.91 Å². The van der Waals surface area contributed by atoms with Gasteiger partial charge in [-0.1, -0.05) is 24.3 Å². The van der Waals surface area contributed by atoms with Gasteiger partial charge in [0.15, 0.2) is 0 Å². The summed E-state index contributed by atoms with van der Waals surface area (Å²) in [7, 11) is 0. The molecule has 1 heterocycles. The normalized spacial score (nSPS) is 13.3. The van der Waals surface area contributed by atoms with Crippen LogP contribution < -0.4 is 5.32 Å². The molecule has 0 saturated carbocycles. The fourth-order valence-electron chi connectivity index (χ4n) is 1.81. The highest BCUT2D eigenvalue weighted by Crippen LogP contribution is 2.27. The van der Waals surface area contributed by atoms with E-state index in [9.17, 15) is 14.3 Å². The van der Waals surface area contributed by atoms with E-state index in [-0.39, 0.29) is 11.3 Å². The van der Waals surface area contributed by atoms with Gasteiger partial charge in [-0.3, -0.25) is 4.79 Å². The van der Waals surface area contributed by atoms with Crippen molar-refractivity contribution in [2.75, 3.05) is 5.32 Å². The summed E-state index contributed by atoms with van der Waals surface area (Å²) in [6.45, 7) is 4.88. The summed E-state index contributed by atoms with van der Waals surface area (Å²) in [4.78, 5) is 15.9. The second-order valence-corrected chi connectivity index (χ2v) is 5.30. The second kappa shape index (κ2) is 6.25. The maximum Gasteiger partial charge on any atom is 0.274 e. The third-order valence-corrected chi connectivity index (χ3v) is 3.35. The first-order chi connectivity index (χ1) is 10.3. The number of benzene rings is 1. The number of rotatable bonds is 4. The predicted molar refractivity (Wildman–Crippen MR) is 83.4 cm³/mol. The number of aliphatic hydroxyl groups is 1. The fraction of sp³-hybridized carbons (Fsp3) is 0.125. The van der Waals surface area contributed by atoms with Crippen LogP contribution in [0.25, 0.3) is 0 Å². The van der Waals surface area contributed by atoms with Gasteiger partial charge in [-0.25, -0.2) is 9.37 Å².